The molecule has 106 valence electrons. The van der Waals surface area contributed by atoms with Gasteiger partial charge in [-0.3, -0.25) is 5.10 Å². The van der Waals surface area contributed by atoms with Gasteiger partial charge >= 0.3 is 5.69 Å². The van der Waals surface area contributed by atoms with Crippen molar-refractivity contribution in [1.29, 1.82) is 0 Å². The van der Waals surface area contributed by atoms with Gasteiger partial charge in [0.05, 0.1) is 17.4 Å². The van der Waals surface area contributed by atoms with Crippen molar-refractivity contribution in [3.8, 4) is 22.4 Å². The number of aromatic nitrogens is 4. The monoisotopic (exact) mass is 288 g/mol. The quantitative estimate of drug-likeness (QED) is 0.595. The molecule has 0 amide bonds. The molecule has 5 heteroatoms. The summed E-state index contributed by atoms with van der Waals surface area (Å²) in [5, 5.41) is 7.69. The van der Waals surface area contributed by atoms with E-state index in [9.17, 15) is 4.79 Å². The lowest BCUT2D eigenvalue weighted by Crippen LogP contribution is -2.11. The minimum Gasteiger partial charge on any atom is -0.305 e. The molecule has 0 radical (unpaired) electrons. The Labute approximate surface area is 125 Å². The molecule has 22 heavy (non-hydrogen) atoms. The molecule has 2 aromatic carbocycles. The Bertz CT molecular complexity index is 988. The predicted octanol–water partition coefficient (Wildman–Crippen LogP) is 2.98. The molecule has 2 heterocycles. The first-order valence-electron chi connectivity index (χ1n) is 6.90. The maximum Gasteiger partial charge on any atom is 0.345 e. The number of hydrogen-bond acceptors (Lipinski definition) is 3. The van der Waals surface area contributed by atoms with Gasteiger partial charge in [-0.2, -0.15) is 10.1 Å². The molecule has 2 aromatic heterocycles. The number of aromatic amines is 2. The fourth-order valence-electron chi connectivity index (χ4n) is 2.56. The van der Waals surface area contributed by atoms with Crippen LogP contribution in [0.3, 0.4) is 0 Å². The zero-order valence-corrected chi connectivity index (χ0v) is 11.6. The molecule has 0 fully saturated rings. The van der Waals surface area contributed by atoms with Gasteiger partial charge in [0.15, 0.2) is 0 Å². The van der Waals surface area contributed by atoms with Crippen LogP contribution in [0.25, 0.3) is 33.3 Å². The Balaban J connectivity index is 2.02. The summed E-state index contributed by atoms with van der Waals surface area (Å²) < 4.78 is 0. The third kappa shape index (κ3) is 2.09. The molecule has 0 aliphatic rings. The van der Waals surface area contributed by atoms with Crippen LogP contribution < -0.4 is 5.69 Å². The van der Waals surface area contributed by atoms with Gasteiger partial charge in [0.2, 0.25) is 0 Å². The summed E-state index contributed by atoms with van der Waals surface area (Å²) in [6.07, 6.45) is 3.60. The molecular formula is C17H12N4O. The fraction of sp³-hybridized carbons (Fsp3) is 0. The summed E-state index contributed by atoms with van der Waals surface area (Å²) in [5.41, 5.74) is 4.04. The summed E-state index contributed by atoms with van der Waals surface area (Å²) in [6, 6.07) is 15.6. The number of benzene rings is 2. The largest absolute Gasteiger partial charge is 0.345 e. The molecule has 0 saturated heterocycles. The lowest BCUT2D eigenvalue weighted by Gasteiger charge is -2.07. The standard InChI is InChI=1S/C17H12N4O/c22-17-20-15-7-6-12(13-9-18-19-10-13)8-14(15)16(21-17)11-4-2-1-3-5-11/h1-10H,(H,18,19)(H,20,21,22). The normalized spacial score (nSPS) is 10.9. The number of nitrogens with one attached hydrogen (secondary N) is 2. The maximum atomic E-state index is 11.8. The second kappa shape index (κ2) is 4.96. The van der Waals surface area contributed by atoms with Crippen molar-refractivity contribution in [1.82, 2.24) is 20.2 Å². The Hall–Kier alpha value is -3.21. The average Bonchev–Trinajstić information content (AvgIpc) is 3.09. The minimum atomic E-state index is -0.345. The molecule has 4 aromatic rings. The van der Waals surface area contributed by atoms with Crippen LogP contribution in [0.2, 0.25) is 0 Å². The first kappa shape index (κ1) is 12.5. The lowest BCUT2D eigenvalue weighted by molar-refractivity contribution is 1.09. The van der Waals surface area contributed by atoms with Crippen LogP contribution in [-0.2, 0) is 0 Å². The topological polar surface area (TPSA) is 74.4 Å². The summed E-state index contributed by atoms with van der Waals surface area (Å²) in [6.45, 7) is 0. The van der Waals surface area contributed by atoms with Gasteiger partial charge in [0.1, 0.15) is 0 Å². The van der Waals surface area contributed by atoms with Crippen LogP contribution in [0, 0.1) is 0 Å². The summed E-state index contributed by atoms with van der Waals surface area (Å²) >= 11 is 0. The third-order valence-electron chi connectivity index (χ3n) is 3.61. The van der Waals surface area contributed by atoms with Gasteiger partial charge in [0.25, 0.3) is 0 Å². The Morgan fingerprint density at radius 2 is 1.77 bits per heavy atom. The Morgan fingerprint density at radius 3 is 2.55 bits per heavy atom. The summed E-state index contributed by atoms with van der Waals surface area (Å²) in [7, 11) is 0. The Morgan fingerprint density at radius 1 is 0.909 bits per heavy atom. The van der Waals surface area contributed by atoms with Gasteiger partial charge in [-0.1, -0.05) is 36.4 Å². The molecule has 0 aliphatic heterocycles. The van der Waals surface area contributed by atoms with Crippen molar-refractivity contribution in [3.05, 3.63) is 71.4 Å². The molecule has 2 N–H and O–H groups in total. The first-order valence-corrected chi connectivity index (χ1v) is 6.90. The van der Waals surface area contributed by atoms with Gasteiger partial charge in [0, 0.05) is 22.7 Å². The van der Waals surface area contributed by atoms with Crippen molar-refractivity contribution in [2.75, 3.05) is 0 Å². The number of fused-ring (bicyclic) bond motifs is 1. The second-order valence-corrected chi connectivity index (χ2v) is 5.00. The van der Waals surface area contributed by atoms with Crippen LogP contribution in [0.5, 0.6) is 0 Å². The molecule has 0 unspecified atom stereocenters. The highest BCUT2D eigenvalue weighted by molar-refractivity contribution is 5.94. The average molecular weight is 288 g/mol. The van der Waals surface area contributed by atoms with Gasteiger partial charge in [-0.25, -0.2) is 4.79 Å². The zero-order chi connectivity index (χ0) is 14.9. The van der Waals surface area contributed by atoms with Crippen molar-refractivity contribution in [2.24, 2.45) is 0 Å². The SMILES string of the molecule is O=c1nc(-c2ccccc2)c2cc(-c3cn[nH]c3)ccc2[nH]1. The maximum absolute atomic E-state index is 11.8. The molecule has 0 atom stereocenters. The van der Waals surface area contributed by atoms with Crippen LogP contribution in [0.1, 0.15) is 0 Å². The predicted molar refractivity (Wildman–Crippen MR) is 85.4 cm³/mol. The Kier molecular flexibility index (Phi) is 2.83. The molecule has 0 bridgehead atoms. The highest BCUT2D eigenvalue weighted by Gasteiger charge is 2.09. The summed E-state index contributed by atoms with van der Waals surface area (Å²) in [4.78, 5) is 18.8. The van der Waals surface area contributed by atoms with Gasteiger partial charge in [-0.05, 0) is 17.7 Å². The summed E-state index contributed by atoms with van der Waals surface area (Å²) in [5.74, 6) is 0. The van der Waals surface area contributed by atoms with E-state index >= 15 is 0 Å². The van der Waals surface area contributed by atoms with E-state index in [1.54, 1.807) is 6.20 Å². The highest BCUT2D eigenvalue weighted by atomic mass is 16.1. The van der Waals surface area contributed by atoms with Crippen LogP contribution in [-0.4, -0.2) is 20.2 Å². The third-order valence-corrected chi connectivity index (χ3v) is 3.61. The van der Waals surface area contributed by atoms with E-state index in [1.165, 1.54) is 0 Å². The van der Waals surface area contributed by atoms with E-state index in [0.717, 1.165) is 27.6 Å². The number of H-pyrrole nitrogens is 2. The van der Waals surface area contributed by atoms with Crippen molar-refractivity contribution in [3.63, 3.8) is 0 Å². The second-order valence-electron chi connectivity index (χ2n) is 5.00. The van der Waals surface area contributed by atoms with Gasteiger partial charge < -0.3 is 4.98 Å². The smallest absolute Gasteiger partial charge is 0.305 e. The van der Waals surface area contributed by atoms with Crippen LogP contribution >= 0.6 is 0 Å². The van der Waals surface area contributed by atoms with Gasteiger partial charge in [-0.15, -0.1) is 0 Å². The van der Waals surface area contributed by atoms with Crippen molar-refractivity contribution >= 4 is 10.9 Å². The molecule has 5 nitrogen and oxygen atoms in total. The molecular weight excluding hydrogens is 276 g/mol. The highest BCUT2D eigenvalue weighted by Crippen LogP contribution is 2.28. The number of hydrogen-bond donors (Lipinski definition) is 2. The van der Waals surface area contributed by atoms with Crippen LogP contribution in [0.15, 0.2) is 65.7 Å². The van der Waals surface area contributed by atoms with E-state index < -0.39 is 0 Å². The van der Waals surface area contributed by atoms with Crippen LogP contribution in [0.4, 0.5) is 0 Å². The minimum absolute atomic E-state index is 0.345. The van der Waals surface area contributed by atoms with E-state index in [-0.39, 0.29) is 5.69 Å². The van der Waals surface area contributed by atoms with E-state index in [4.69, 9.17) is 0 Å². The molecule has 0 saturated carbocycles. The van der Waals surface area contributed by atoms with Crippen molar-refractivity contribution in [2.45, 2.75) is 0 Å². The van der Waals surface area contributed by atoms with E-state index in [2.05, 4.69) is 20.2 Å². The molecule has 0 spiro atoms. The molecule has 4 rings (SSSR count). The number of nitrogens with zero attached hydrogens (tertiary/aromatic N) is 2. The van der Waals surface area contributed by atoms with E-state index in [0.29, 0.717) is 5.69 Å². The lowest BCUT2D eigenvalue weighted by atomic mass is 10.0. The first-order chi connectivity index (χ1) is 10.8. The zero-order valence-electron chi connectivity index (χ0n) is 11.6. The van der Waals surface area contributed by atoms with Crippen molar-refractivity contribution < 1.29 is 0 Å². The molecule has 0 aliphatic carbocycles. The number of rotatable bonds is 2. The van der Waals surface area contributed by atoms with E-state index in [1.807, 2.05) is 54.7 Å². The fourth-order valence-corrected chi connectivity index (χ4v) is 2.56.